The second-order valence-electron chi connectivity index (χ2n) is 5.08. The highest BCUT2D eigenvalue weighted by atomic mass is 35.5. The van der Waals surface area contributed by atoms with E-state index in [1.807, 2.05) is 41.3 Å². The molecule has 1 saturated heterocycles. The van der Waals surface area contributed by atoms with Gasteiger partial charge in [-0.2, -0.15) is 4.99 Å². The largest absolute Gasteiger partial charge is 0.346 e. The molecule has 0 aliphatic carbocycles. The van der Waals surface area contributed by atoms with Crippen molar-refractivity contribution in [3.8, 4) is 5.69 Å². The zero-order chi connectivity index (χ0) is 14.8. The van der Waals surface area contributed by atoms with Crippen LogP contribution < -0.4 is 4.80 Å². The average Bonchev–Trinajstić information content (AvgIpc) is 3.13. The molecule has 1 aliphatic heterocycles. The Hall–Kier alpha value is -1.59. The van der Waals surface area contributed by atoms with E-state index in [0.29, 0.717) is 9.82 Å². The molecule has 1 aromatic heterocycles. The number of aromatic nitrogens is 1. The molecule has 0 atom stereocenters. The summed E-state index contributed by atoms with van der Waals surface area (Å²) in [6.07, 6.45) is 4.04. The number of nitrogens with zero attached hydrogens (tertiary/aromatic N) is 3. The lowest BCUT2D eigenvalue weighted by molar-refractivity contribution is 0.218. The molecule has 0 bridgehead atoms. The second-order valence-corrected chi connectivity index (χ2v) is 6.36. The average molecular weight is 322 g/mol. The predicted octanol–water partition coefficient (Wildman–Crippen LogP) is 3.62. The SMILES string of the molecule is Cc1ccc(-n2ccs/c2=N\C(=O)N2CCCC2)cc1Cl. The number of rotatable bonds is 1. The number of aryl methyl sites for hydroxylation is 1. The summed E-state index contributed by atoms with van der Waals surface area (Å²) >= 11 is 7.62. The van der Waals surface area contributed by atoms with Crippen LogP contribution in [0.4, 0.5) is 4.79 Å². The van der Waals surface area contributed by atoms with E-state index < -0.39 is 0 Å². The molecule has 0 spiro atoms. The lowest BCUT2D eigenvalue weighted by atomic mass is 10.2. The van der Waals surface area contributed by atoms with Gasteiger partial charge in [0.15, 0.2) is 4.80 Å². The summed E-state index contributed by atoms with van der Waals surface area (Å²) in [6, 6.07) is 5.69. The van der Waals surface area contributed by atoms with Crippen molar-refractivity contribution >= 4 is 29.0 Å². The van der Waals surface area contributed by atoms with Crippen molar-refractivity contribution in [3.63, 3.8) is 0 Å². The van der Waals surface area contributed by atoms with E-state index in [1.54, 1.807) is 4.90 Å². The fourth-order valence-corrected chi connectivity index (χ4v) is 3.23. The van der Waals surface area contributed by atoms with Gasteiger partial charge in [-0.05, 0) is 37.5 Å². The minimum absolute atomic E-state index is 0.151. The Kier molecular flexibility index (Phi) is 4.12. The van der Waals surface area contributed by atoms with E-state index in [9.17, 15) is 4.79 Å². The molecule has 1 aliphatic rings. The zero-order valence-electron chi connectivity index (χ0n) is 11.8. The van der Waals surface area contributed by atoms with Crippen molar-refractivity contribution in [2.45, 2.75) is 19.8 Å². The Balaban J connectivity index is 1.96. The van der Waals surface area contributed by atoms with E-state index in [2.05, 4.69) is 4.99 Å². The maximum absolute atomic E-state index is 12.1. The van der Waals surface area contributed by atoms with Gasteiger partial charge >= 0.3 is 6.03 Å². The first-order chi connectivity index (χ1) is 10.1. The quantitative estimate of drug-likeness (QED) is 0.790. The zero-order valence-corrected chi connectivity index (χ0v) is 13.3. The van der Waals surface area contributed by atoms with Gasteiger partial charge < -0.3 is 4.90 Å². The lowest BCUT2D eigenvalue weighted by Gasteiger charge is -2.10. The van der Waals surface area contributed by atoms with Gasteiger partial charge in [-0.25, -0.2) is 4.79 Å². The van der Waals surface area contributed by atoms with Gasteiger partial charge in [0.05, 0.1) is 0 Å². The highest BCUT2D eigenvalue weighted by Gasteiger charge is 2.17. The van der Waals surface area contributed by atoms with Crippen LogP contribution in [0.2, 0.25) is 5.02 Å². The fraction of sp³-hybridized carbons (Fsp3) is 0.333. The summed E-state index contributed by atoms with van der Waals surface area (Å²) in [7, 11) is 0. The van der Waals surface area contributed by atoms with Gasteiger partial charge in [-0.1, -0.05) is 17.7 Å². The molecular weight excluding hydrogens is 306 g/mol. The van der Waals surface area contributed by atoms with Crippen molar-refractivity contribution in [1.82, 2.24) is 9.47 Å². The Labute approximate surface area is 132 Å². The number of benzene rings is 1. The highest BCUT2D eigenvalue weighted by molar-refractivity contribution is 7.07. The number of carbonyl (C=O) groups is 1. The maximum atomic E-state index is 12.1. The topological polar surface area (TPSA) is 37.6 Å². The van der Waals surface area contributed by atoms with Gasteiger partial charge in [-0.3, -0.25) is 4.57 Å². The van der Waals surface area contributed by atoms with Crippen LogP contribution in [0, 0.1) is 6.92 Å². The fourth-order valence-electron chi connectivity index (χ4n) is 2.34. The van der Waals surface area contributed by atoms with Crippen molar-refractivity contribution in [3.05, 3.63) is 45.2 Å². The third kappa shape index (κ3) is 3.04. The van der Waals surface area contributed by atoms with E-state index in [0.717, 1.165) is 37.2 Å². The molecular formula is C15H16ClN3OS. The Morgan fingerprint density at radius 3 is 2.81 bits per heavy atom. The van der Waals surface area contributed by atoms with Crippen molar-refractivity contribution in [2.75, 3.05) is 13.1 Å². The van der Waals surface area contributed by atoms with Crippen LogP contribution in [0.3, 0.4) is 0 Å². The van der Waals surface area contributed by atoms with Crippen molar-refractivity contribution < 1.29 is 4.79 Å². The lowest BCUT2D eigenvalue weighted by Crippen LogP contribution is -2.27. The van der Waals surface area contributed by atoms with E-state index >= 15 is 0 Å². The number of hydrogen-bond acceptors (Lipinski definition) is 2. The summed E-state index contributed by atoms with van der Waals surface area (Å²) in [6.45, 7) is 3.58. The molecule has 2 heterocycles. The number of carbonyl (C=O) groups excluding carboxylic acids is 1. The molecule has 1 aromatic carbocycles. The van der Waals surface area contributed by atoms with Crippen molar-refractivity contribution in [1.29, 1.82) is 0 Å². The number of amides is 2. The molecule has 0 radical (unpaired) electrons. The van der Waals surface area contributed by atoms with Crippen LogP contribution in [0.5, 0.6) is 0 Å². The molecule has 1 fully saturated rings. The molecule has 6 heteroatoms. The van der Waals surface area contributed by atoms with E-state index in [1.165, 1.54) is 11.3 Å². The molecule has 2 aromatic rings. The Morgan fingerprint density at radius 2 is 2.10 bits per heavy atom. The van der Waals surface area contributed by atoms with Gasteiger partial charge in [0.25, 0.3) is 0 Å². The van der Waals surface area contributed by atoms with Gasteiger partial charge in [0.2, 0.25) is 0 Å². The summed E-state index contributed by atoms with van der Waals surface area (Å²) in [5, 5.41) is 2.63. The Bertz CT molecular complexity index is 729. The van der Waals surface area contributed by atoms with Gasteiger partial charge in [0.1, 0.15) is 0 Å². The molecule has 0 unspecified atom stereocenters. The monoisotopic (exact) mass is 321 g/mol. The summed E-state index contributed by atoms with van der Waals surface area (Å²) in [5.41, 5.74) is 1.95. The van der Waals surface area contributed by atoms with E-state index in [4.69, 9.17) is 11.6 Å². The summed E-state index contributed by atoms with van der Waals surface area (Å²) in [5.74, 6) is 0. The molecule has 4 nitrogen and oxygen atoms in total. The number of likely N-dealkylation sites (tertiary alicyclic amines) is 1. The molecule has 2 amide bonds. The summed E-state index contributed by atoms with van der Waals surface area (Å²) in [4.78, 5) is 18.9. The minimum Gasteiger partial charge on any atom is -0.323 e. The van der Waals surface area contributed by atoms with E-state index in [-0.39, 0.29) is 6.03 Å². The number of thiazole rings is 1. The Morgan fingerprint density at radius 1 is 1.33 bits per heavy atom. The van der Waals surface area contributed by atoms with Crippen LogP contribution in [0.25, 0.3) is 5.69 Å². The molecule has 21 heavy (non-hydrogen) atoms. The number of halogens is 1. The normalized spacial score (nSPS) is 15.7. The predicted molar refractivity (Wildman–Crippen MR) is 85.2 cm³/mol. The third-order valence-corrected chi connectivity index (χ3v) is 4.75. The van der Waals surface area contributed by atoms with Crippen LogP contribution in [0.15, 0.2) is 34.8 Å². The molecule has 0 N–H and O–H groups in total. The van der Waals surface area contributed by atoms with Crippen LogP contribution >= 0.6 is 22.9 Å². The third-order valence-electron chi connectivity index (χ3n) is 3.59. The number of urea groups is 1. The highest BCUT2D eigenvalue weighted by Crippen LogP contribution is 2.19. The van der Waals surface area contributed by atoms with Crippen LogP contribution in [-0.2, 0) is 0 Å². The second kappa shape index (κ2) is 6.03. The minimum atomic E-state index is -0.151. The first-order valence-electron chi connectivity index (χ1n) is 6.91. The first kappa shape index (κ1) is 14.4. The standard InChI is InChI=1S/C15H16ClN3OS/c1-11-4-5-12(10-13(11)16)19-8-9-21-15(19)17-14(20)18-6-2-3-7-18/h4-5,8-10H,2-3,6-7H2,1H3/b17-15-. The van der Waals surface area contributed by atoms with Gasteiger partial charge in [0, 0.05) is 35.4 Å². The number of hydrogen-bond donors (Lipinski definition) is 0. The van der Waals surface area contributed by atoms with Crippen LogP contribution in [-0.4, -0.2) is 28.6 Å². The maximum Gasteiger partial charge on any atom is 0.346 e. The molecule has 0 saturated carbocycles. The first-order valence-corrected chi connectivity index (χ1v) is 8.17. The van der Waals surface area contributed by atoms with Crippen LogP contribution in [0.1, 0.15) is 18.4 Å². The van der Waals surface area contributed by atoms with Crippen molar-refractivity contribution in [2.24, 2.45) is 4.99 Å². The summed E-state index contributed by atoms with van der Waals surface area (Å²) < 4.78 is 1.89. The smallest absolute Gasteiger partial charge is 0.323 e. The molecule has 3 rings (SSSR count). The molecule has 110 valence electrons. The van der Waals surface area contributed by atoms with Gasteiger partial charge in [-0.15, -0.1) is 11.3 Å².